The fraction of sp³-hybridized carbons (Fsp3) is 0.462. The molecule has 0 aliphatic heterocycles. The molecule has 0 fully saturated rings. The lowest BCUT2D eigenvalue weighted by Crippen LogP contribution is -2.33. The number of rotatable bonds is 6. The molecule has 0 atom stereocenters. The molecular formula is C13H20N2O2. The van der Waals surface area contributed by atoms with Gasteiger partial charge in [-0.1, -0.05) is 12.1 Å². The number of hydrogen-bond acceptors (Lipinski definition) is 3. The van der Waals surface area contributed by atoms with Gasteiger partial charge in [-0.05, 0) is 37.6 Å². The fourth-order valence-electron chi connectivity index (χ4n) is 1.73. The second kappa shape index (κ2) is 7.04. The maximum Gasteiger partial charge on any atom is 0.253 e. The van der Waals surface area contributed by atoms with Crippen molar-refractivity contribution >= 4 is 5.91 Å². The quantitative estimate of drug-likeness (QED) is 0.762. The number of benzene rings is 1. The van der Waals surface area contributed by atoms with E-state index in [1.165, 1.54) is 0 Å². The van der Waals surface area contributed by atoms with Crippen molar-refractivity contribution in [3.8, 4) is 0 Å². The van der Waals surface area contributed by atoms with Crippen molar-refractivity contribution in [2.45, 2.75) is 13.3 Å². The molecule has 1 amide bonds. The fourth-order valence-corrected chi connectivity index (χ4v) is 1.73. The van der Waals surface area contributed by atoms with Crippen LogP contribution in [-0.2, 0) is 6.42 Å². The van der Waals surface area contributed by atoms with E-state index in [4.69, 9.17) is 10.8 Å². The maximum atomic E-state index is 12.1. The molecule has 0 saturated heterocycles. The predicted octanol–water partition coefficient (Wildman–Crippen LogP) is 0.642. The highest BCUT2D eigenvalue weighted by Crippen LogP contribution is 2.09. The van der Waals surface area contributed by atoms with Crippen molar-refractivity contribution in [1.82, 2.24) is 4.90 Å². The highest BCUT2D eigenvalue weighted by Gasteiger charge is 2.13. The molecule has 0 aliphatic carbocycles. The van der Waals surface area contributed by atoms with E-state index < -0.39 is 0 Å². The molecule has 4 heteroatoms. The van der Waals surface area contributed by atoms with Crippen molar-refractivity contribution in [3.05, 3.63) is 35.4 Å². The van der Waals surface area contributed by atoms with Gasteiger partial charge in [0.2, 0.25) is 0 Å². The van der Waals surface area contributed by atoms with Gasteiger partial charge in [0.1, 0.15) is 0 Å². The van der Waals surface area contributed by atoms with Gasteiger partial charge >= 0.3 is 0 Å². The normalized spacial score (nSPS) is 10.3. The van der Waals surface area contributed by atoms with Gasteiger partial charge in [0, 0.05) is 18.7 Å². The second-order valence-corrected chi connectivity index (χ2v) is 3.85. The van der Waals surface area contributed by atoms with E-state index in [1.807, 2.05) is 25.1 Å². The molecule has 0 unspecified atom stereocenters. The number of nitrogens with zero attached hydrogens (tertiary/aromatic N) is 1. The number of likely N-dealkylation sites (N-methyl/N-ethyl adjacent to an activating group) is 1. The van der Waals surface area contributed by atoms with Crippen LogP contribution in [0.3, 0.4) is 0 Å². The Hall–Kier alpha value is -1.39. The second-order valence-electron chi connectivity index (χ2n) is 3.85. The van der Waals surface area contributed by atoms with Gasteiger partial charge in [0.25, 0.3) is 5.91 Å². The minimum absolute atomic E-state index is 0.0118. The van der Waals surface area contributed by atoms with E-state index in [0.717, 1.165) is 12.0 Å². The van der Waals surface area contributed by atoms with Gasteiger partial charge in [-0.3, -0.25) is 4.79 Å². The van der Waals surface area contributed by atoms with E-state index in [2.05, 4.69) is 0 Å². The molecule has 17 heavy (non-hydrogen) atoms. The van der Waals surface area contributed by atoms with Crippen LogP contribution in [0, 0.1) is 0 Å². The van der Waals surface area contributed by atoms with Crippen LogP contribution >= 0.6 is 0 Å². The Balaban J connectivity index is 2.83. The van der Waals surface area contributed by atoms with E-state index in [9.17, 15) is 4.79 Å². The molecule has 0 heterocycles. The predicted molar refractivity (Wildman–Crippen MR) is 67.9 cm³/mol. The number of aliphatic hydroxyl groups is 1. The summed E-state index contributed by atoms with van der Waals surface area (Å²) in [4.78, 5) is 13.7. The lowest BCUT2D eigenvalue weighted by Gasteiger charge is -2.19. The van der Waals surface area contributed by atoms with E-state index in [0.29, 0.717) is 25.2 Å². The first-order valence-corrected chi connectivity index (χ1v) is 5.92. The lowest BCUT2D eigenvalue weighted by molar-refractivity contribution is 0.0732. The summed E-state index contributed by atoms with van der Waals surface area (Å²) in [6.07, 6.45) is 0.771. The van der Waals surface area contributed by atoms with Crippen LogP contribution in [0.1, 0.15) is 22.8 Å². The summed E-state index contributed by atoms with van der Waals surface area (Å²) in [7, 11) is 0. The molecule has 4 nitrogen and oxygen atoms in total. The van der Waals surface area contributed by atoms with Crippen molar-refractivity contribution in [1.29, 1.82) is 0 Å². The average Bonchev–Trinajstić information content (AvgIpc) is 2.36. The van der Waals surface area contributed by atoms with Crippen LogP contribution in [0.4, 0.5) is 0 Å². The molecule has 3 N–H and O–H groups in total. The number of carbonyl (C=O) groups excluding carboxylic acids is 1. The van der Waals surface area contributed by atoms with Crippen molar-refractivity contribution in [3.63, 3.8) is 0 Å². The zero-order chi connectivity index (χ0) is 12.7. The van der Waals surface area contributed by atoms with Crippen molar-refractivity contribution in [2.24, 2.45) is 5.73 Å². The molecule has 0 spiro atoms. The summed E-state index contributed by atoms with van der Waals surface area (Å²) in [5.74, 6) is -0.0413. The third-order valence-electron chi connectivity index (χ3n) is 2.65. The van der Waals surface area contributed by atoms with E-state index in [-0.39, 0.29) is 12.5 Å². The SMILES string of the molecule is CCN(CCO)C(=O)c1cccc(CCN)c1. The van der Waals surface area contributed by atoms with E-state index >= 15 is 0 Å². The topological polar surface area (TPSA) is 66.6 Å². The molecule has 0 aliphatic rings. The summed E-state index contributed by atoms with van der Waals surface area (Å²) in [6.45, 7) is 3.43. The Morgan fingerprint density at radius 1 is 1.47 bits per heavy atom. The van der Waals surface area contributed by atoms with Gasteiger partial charge < -0.3 is 15.7 Å². The molecule has 1 aromatic rings. The lowest BCUT2D eigenvalue weighted by atomic mass is 10.1. The molecular weight excluding hydrogens is 216 g/mol. The minimum atomic E-state index is -0.0413. The first kappa shape index (κ1) is 13.7. The van der Waals surface area contributed by atoms with Crippen LogP contribution in [0.15, 0.2) is 24.3 Å². The average molecular weight is 236 g/mol. The van der Waals surface area contributed by atoms with Crippen LogP contribution < -0.4 is 5.73 Å². The summed E-state index contributed by atoms with van der Waals surface area (Å²) < 4.78 is 0. The van der Waals surface area contributed by atoms with Gasteiger partial charge in [0.15, 0.2) is 0 Å². The summed E-state index contributed by atoms with van der Waals surface area (Å²) >= 11 is 0. The standard InChI is InChI=1S/C13H20N2O2/c1-2-15(8-9-16)13(17)12-5-3-4-11(10-12)6-7-14/h3-5,10,16H,2,6-9,14H2,1H3. The summed E-state index contributed by atoms with van der Waals surface area (Å²) in [6, 6.07) is 7.49. The smallest absolute Gasteiger partial charge is 0.253 e. The maximum absolute atomic E-state index is 12.1. The van der Waals surface area contributed by atoms with Crippen LogP contribution in [-0.4, -0.2) is 42.2 Å². The Labute approximate surface area is 102 Å². The minimum Gasteiger partial charge on any atom is -0.395 e. The highest BCUT2D eigenvalue weighted by atomic mass is 16.3. The Morgan fingerprint density at radius 3 is 2.82 bits per heavy atom. The number of aliphatic hydroxyl groups excluding tert-OH is 1. The summed E-state index contributed by atoms with van der Waals surface area (Å²) in [5, 5.41) is 8.89. The molecule has 0 radical (unpaired) electrons. The Bertz CT molecular complexity index is 366. The molecule has 0 saturated carbocycles. The molecule has 94 valence electrons. The van der Waals surface area contributed by atoms with Gasteiger partial charge in [-0.2, -0.15) is 0 Å². The Morgan fingerprint density at radius 2 is 2.24 bits per heavy atom. The van der Waals surface area contributed by atoms with Crippen LogP contribution in [0.5, 0.6) is 0 Å². The highest BCUT2D eigenvalue weighted by molar-refractivity contribution is 5.94. The molecule has 0 bridgehead atoms. The number of amides is 1. The van der Waals surface area contributed by atoms with Crippen LogP contribution in [0.2, 0.25) is 0 Å². The Kier molecular flexibility index (Phi) is 5.66. The van der Waals surface area contributed by atoms with Gasteiger partial charge in [0.05, 0.1) is 6.61 Å². The van der Waals surface area contributed by atoms with Gasteiger partial charge in [-0.15, -0.1) is 0 Å². The largest absolute Gasteiger partial charge is 0.395 e. The third-order valence-corrected chi connectivity index (χ3v) is 2.65. The van der Waals surface area contributed by atoms with Crippen molar-refractivity contribution in [2.75, 3.05) is 26.2 Å². The van der Waals surface area contributed by atoms with E-state index in [1.54, 1.807) is 11.0 Å². The monoisotopic (exact) mass is 236 g/mol. The van der Waals surface area contributed by atoms with Crippen molar-refractivity contribution < 1.29 is 9.90 Å². The zero-order valence-electron chi connectivity index (χ0n) is 10.2. The number of carbonyl (C=O) groups is 1. The summed E-state index contributed by atoms with van der Waals surface area (Å²) in [5.41, 5.74) is 7.22. The number of nitrogens with two attached hydrogens (primary N) is 1. The molecule has 1 aromatic carbocycles. The third kappa shape index (κ3) is 3.84. The molecule has 0 aromatic heterocycles. The first-order valence-electron chi connectivity index (χ1n) is 5.92. The zero-order valence-corrected chi connectivity index (χ0v) is 10.2. The first-order chi connectivity index (χ1) is 8.22. The molecule has 1 rings (SSSR count). The number of hydrogen-bond donors (Lipinski definition) is 2. The van der Waals surface area contributed by atoms with Gasteiger partial charge in [-0.25, -0.2) is 0 Å². The van der Waals surface area contributed by atoms with Crippen LogP contribution in [0.25, 0.3) is 0 Å².